The van der Waals surface area contributed by atoms with E-state index in [-0.39, 0.29) is 11.7 Å². The van der Waals surface area contributed by atoms with Crippen molar-refractivity contribution in [2.24, 2.45) is 11.7 Å². The molecule has 1 saturated carbocycles. The van der Waals surface area contributed by atoms with E-state index in [0.717, 1.165) is 12.8 Å². The second-order valence-electron chi connectivity index (χ2n) is 4.91. The summed E-state index contributed by atoms with van der Waals surface area (Å²) in [7, 11) is 0. The van der Waals surface area contributed by atoms with Crippen LogP contribution in [-0.2, 0) is 0 Å². The quantitative estimate of drug-likeness (QED) is 0.865. The summed E-state index contributed by atoms with van der Waals surface area (Å²) in [6, 6.07) is 4.78. The second-order valence-corrected chi connectivity index (χ2v) is 5.34. The fourth-order valence-corrected chi connectivity index (χ4v) is 3.09. The van der Waals surface area contributed by atoms with E-state index in [1.807, 2.05) is 0 Å². The van der Waals surface area contributed by atoms with Gasteiger partial charge in [-0.1, -0.05) is 30.9 Å². The third-order valence-corrected chi connectivity index (χ3v) is 4.07. The van der Waals surface area contributed by atoms with Gasteiger partial charge < -0.3 is 5.73 Å². The molecule has 3 heteroatoms. The predicted octanol–water partition coefficient (Wildman–Crippen LogP) is 4.10. The molecular formula is C14H19ClFN. The van der Waals surface area contributed by atoms with Gasteiger partial charge in [0.25, 0.3) is 0 Å². The number of hydrogen-bond acceptors (Lipinski definition) is 1. The lowest BCUT2D eigenvalue weighted by Crippen LogP contribution is -2.24. The molecule has 2 rings (SSSR count). The average Bonchev–Trinajstić information content (AvgIpc) is 2.36. The van der Waals surface area contributed by atoms with Gasteiger partial charge in [-0.15, -0.1) is 0 Å². The molecular weight excluding hydrogens is 237 g/mol. The molecule has 0 heterocycles. The Balaban J connectivity index is 2.24. The molecule has 1 aliphatic rings. The molecule has 0 bridgehead atoms. The van der Waals surface area contributed by atoms with Crippen LogP contribution >= 0.6 is 11.6 Å². The minimum atomic E-state index is -0.171. The van der Waals surface area contributed by atoms with Gasteiger partial charge in [-0.05, 0) is 49.1 Å². The second kappa shape index (κ2) is 5.83. The summed E-state index contributed by atoms with van der Waals surface area (Å²) in [5, 5.41) is 0.593. The van der Waals surface area contributed by atoms with Crippen LogP contribution in [0.3, 0.4) is 0 Å². The Kier molecular flexibility index (Phi) is 4.41. The van der Waals surface area contributed by atoms with Crippen molar-refractivity contribution in [2.75, 3.05) is 6.54 Å². The maximum absolute atomic E-state index is 13.8. The molecule has 0 aliphatic heterocycles. The van der Waals surface area contributed by atoms with Gasteiger partial charge in [0.05, 0.1) is 0 Å². The molecule has 1 nitrogen and oxygen atoms in total. The topological polar surface area (TPSA) is 26.0 Å². The molecule has 17 heavy (non-hydrogen) atoms. The van der Waals surface area contributed by atoms with Crippen LogP contribution in [0.25, 0.3) is 0 Å². The van der Waals surface area contributed by atoms with E-state index >= 15 is 0 Å². The normalized spacial score (nSPS) is 19.2. The lowest BCUT2D eigenvalue weighted by molar-refractivity contribution is 0.303. The Morgan fingerprint density at radius 3 is 2.65 bits per heavy atom. The standard InChI is InChI=1S/C14H19ClFN/c15-11-6-7-14(16)12(8-11)13(9-17)10-4-2-1-3-5-10/h6-8,10,13H,1-5,9,17H2. The molecule has 1 fully saturated rings. The van der Waals surface area contributed by atoms with Crippen LogP contribution in [-0.4, -0.2) is 6.54 Å². The van der Waals surface area contributed by atoms with E-state index < -0.39 is 0 Å². The Hall–Kier alpha value is -0.600. The number of halogens is 2. The number of rotatable bonds is 3. The Morgan fingerprint density at radius 2 is 2.00 bits per heavy atom. The first-order valence-corrected chi connectivity index (χ1v) is 6.75. The molecule has 2 N–H and O–H groups in total. The van der Waals surface area contributed by atoms with Crippen LogP contribution in [0.1, 0.15) is 43.6 Å². The average molecular weight is 256 g/mol. The maximum Gasteiger partial charge on any atom is 0.126 e. The number of nitrogens with two attached hydrogens (primary N) is 1. The van der Waals surface area contributed by atoms with Crippen LogP contribution in [0.5, 0.6) is 0 Å². The molecule has 0 radical (unpaired) electrons. The predicted molar refractivity (Wildman–Crippen MR) is 69.8 cm³/mol. The fraction of sp³-hybridized carbons (Fsp3) is 0.571. The molecule has 0 amide bonds. The highest BCUT2D eigenvalue weighted by Gasteiger charge is 2.26. The Bertz CT molecular complexity index is 374. The van der Waals surface area contributed by atoms with Gasteiger partial charge in [0.15, 0.2) is 0 Å². The molecule has 1 aliphatic carbocycles. The maximum atomic E-state index is 13.8. The van der Waals surface area contributed by atoms with Crippen LogP contribution in [0.15, 0.2) is 18.2 Å². The van der Waals surface area contributed by atoms with Crippen molar-refractivity contribution in [3.05, 3.63) is 34.6 Å². The Morgan fingerprint density at radius 1 is 1.29 bits per heavy atom. The number of benzene rings is 1. The van der Waals surface area contributed by atoms with Gasteiger partial charge >= 0.3 is 0 Å². The van der Waals surface area contributed by atoms with E-state index in [1.54, 1.807) is 12.1 Å². The highest BCUT2D eigenvalue weighted by atomic mass is 35.5. The minimum Gasteiger partial charge on any atom is -0.330 e. The molecule has 1 aromatic rings. The van der Waals surface area contributed by atoms with Crippen molar-refractivity contribution in [1.29, 1.82) is 0 Å². The minimum absolute atomic E-state index is 0.119. The van der Waals surface area contributed by atoms with Gasteiger partial charge in [0.2, 0.25) is 0 Å². The van der Waals surface area contributed by atoms with Crippen LogP contribution in [0.4, 0.5) is 4.39 Å². The van der Waals surface area contributed by atoms with Crippen LogP contribution < -0.4 is 5.73 Å². The molecule has 1 unspecified atom stereocenters. The summed E-state index contributed by atoms with van der Waals surface area (Å²) in [6.45, 7) is 0.502. The smallest absolute Gasteiger partial charge is 0.126 e. The van der Waals surface area contributed by atoms with Gasteiger partial charge in [-0.2, -0.15) is 0 Å². The highest BCUT2D eigenvalue weighted by Crippen LogP contribution is 2.37. The summed E-state index contributed by atoms with van der Waals surface area (Å²) in [5.74, 6) is 0.464. The van der Waals surface area contributed by atoms with Crippen molar-refractivity contribution in [3.63, 3.8) is 0 Å². The van der Waals surface area contributed by atoms with Crippen molar-refractivity contribution in [1.82, 2.24) is 0 Å². The van der Waals surface area contributed by atoms with Crippen molar-refractivity contribution < 1.29 is 4.39 Å². The molecule has 0 saturated heterocycles. The van der Waals surface area contributed by atoms with E-state index in [2.05, 4.69) is 0 Å². The van der Waals surface area contributed by atoms with Gasteiger partial charge in [-0.3, -0.25) is 0 Å². The Labute approximate surface area is 107 Å². The van der Waals surface area contributed by atoms with Crippen molar-refractivity contribution >= 4 is 11.6 Å². The zero-order chi connectivity index (χ0) is 12.3. The zero-order valence-corrected chi connectivity index (χ0v) is 10.7. The summed E-state index contributed by atoms with van der Waals surface area (Å²) < 4.78 is 13.8. The summed E-state index contributed by atoms with van der Waals surface area (Å²) >= 11 is 5.95. The van der Waals surface area contributed by atoms with E-state index in [1.165, 1.54) is 25.3 Å². The first-order valence-electron chi connectivity index (χ1n) is 6.37. The van der Waals surface area contributed by atoms with Crippen molar-refractivity contribution in [3.8, 4) is 0 Å². The number of hydrogen-bond donors (Lipinski definition) is 1. The summed E-state index contributed by atoms with van der Waals surface area (Å²) in [6.07, 6.45) is 6.10. The van der Waals surface area contributed by atoms with E-state index in [0.29, 0.717) is 23.0 Å². The molecule has 94 valence electrons. The molecule has 0 aromatic heterocycles. The summed E-state index contributed by atoms with van der Waals surface area (Å²) in [4.78, 5) is 0. The lowest BCUT2D eigenvalue weighted by Gasteiger charge is -2.30. The SMILES string of the molecule is NCC(c1cc(Cl)ccc1F)C1CCCCC1. The highest BCUT2D eigenvalue weighted by molar-refractivity contribution is 6.30. The van der Waals surface area contributed by atoms with Gasteiger partial charge in [-0.25, -0.2) is 4.39 Å². The van der Waals surface area contributed by atoms with Crippen molar-refractivity contribution in [2.45, 2.75) is 38.0 Å². The lowest BCUT2D eigenvalue weighted by atomic mass is 9.77. The van der Waals surface area contributed by atoms with Crippen LogP contribution in [0, 0.1) is 11.7 Å². The van der Waals surface area contributed by atoms with Gasteiger partial charge in [0, 0.05) is 10.9 Å². The third kappa shape index (κ3) is 2.99. The zero-order valence-electron chi connectivity index (χ0n) is 9.96. The van der Waals surface area contributed by atoms with Gasteiger partial charge in [0.1, 0.15) is 5.82 Å². The first-order chi connectivity index (χ1) is 8.22. The summed E-state index contributed by atoms with van der Waals surface area (Å²) in [5.41, 5.74) is 6.55. The monoisotopic (exact) mass is 255 g/mol. The van der Waals surface area contributed by atoms with E-state index in [9.17, 15) is 4.39 Å². The van der Waals surface area contributed by atoms with E-state index in [4.69, 9.17) is 17.3 Å². The first kappa shape index (κ1) is 12.8. The fourth-order valence-electron chi connectivity index (χ4n) is 2.91. The largest absolute Gasteiger partial charge is 0.330 e. The molecule has 1 aromatic carbocycles. The van der Waals surface area contributed by atoms with Crippen LogP contribution in [0.2, 0.25) is 5.02 Å². The third-order valence-electron chi connectivity index (χ3n) is 3.83. The molecule has 0 spiro atoms. The molecule has 1 atom stereocenters.